The molecular formula is C16H19ClN4O2. The molecule has 3 atom stereocenters. The molecule has 6 nitrogen and oxygen atoms in total. The molecule has 0 saturated heterocycles. The van der Waals surface area contributed by atoms with Gasteiger partial charge in [-0.15, -0.1) is 0 Å². The number of benzene rings is 1. The lowest BCUT2D eigenvalue weighted by atomic mass is 10.1. The Morgan fingerprint density at radius 3 is 3.09 bits per heavy atom. The highest BCUT2D eigenvalue weighted by atomic mass is 35.5. The van der Waals surface area contributed by atoms with Gasteiger partial charge in [-0.25, -0.2) is 4.79 Å². The number of aryl methyl sites for hydroxylation is 1. The summed E-state index contributed by atoms with van der Waals surface area (Å²) in [6, 6.07) is 7.53. The van der Waals surface area contributed by atoms with Gasteiger partial charge in [-0.2, -0.15) is 5.10 Å². The van der Waals surface area contributed by atoms with Crippen molar-refractivity contribution < 1.29 is 9.90 Å². The van der Waals surface area contributed by atoms with E-state index in [1.54, 1.807) is 24.1 Å². The fourth-order valence-corrected chi connectivity index (χ4v) is 2.80. The zero-order valence-corrected chi connectivity index (χ0v) is 13.5. The van der Waals surface area contributed by atoms with E-state index in [0.717, 1.165) is 12.0 Å². The molecule has 23 heavy (non-hydrogen) atoms. The Morgan fingerprint density at radius 1 is 1.57 bits per heavy atom. The normalized spacial score (nSPS) is 20.8. The molecule has 0 bridgehead atoms. The first-order valence-electron chi connectivity index (χ1n) is 7.49. The molecule has 3 N–H and O–H groups in total. The summed E-state index contributed by atoms with van der Waals surface area (Å²) in [5.74, 6) is 0.308. The van der Waals surface area contributed by atoms with Gasteiger partial charge >= 0.3 is 6.03 Å². The van der Waals surface area contributed by atoms with Crippen LogP contribution in [0.3, 0.4) is 0 Å². The van der Waals surface area contributed by atoms with Crippen LogP contribution in [0.25, 0.3) is 0 Å². The maximum Gasteiger partial charge on any atom is 0.315 e. The van der Waals surface area contributed by atoms with Gasteiger partial charge in [0.15, 0.2) is 0 Å². The number of rotatable bonds is 5. The number of urea groups is 1. The van der Waals surface area contributed by atoms with E-state index in [9.17, 15) is 9.90 Å². The molecule has 1 heterocycles. The zero-order chi connectivity index (χ0) is 16.4. The second-order valence-electron chi connectivity index (χ2n) is 5.82. The Labute approximate surface area is 139 Å². The summed E-state index contributed by atoms with van der Waals surface area (Å²) in [5.41, 5.74) is 1.81. The van der Waals surface area contributed by atoms with Gasteiger partial charge in [0, 0.05) is 42.3 Å². The number of hydrogen-bond donors (Lipinski definition) is 3. The SMILES string of the molecule is Cn1cc([C@H](O)CNC(=O)N[C@@H]2C[C@@H]2c2cccc(Cl)c2)cn1. The van der Waals surface area contributed by atoms with Crippen LogP contribution in [0, 0.1) is 0 Å². The van der Waals surface area contributed by atoms with E-state index in [1.165, 1.54) is 0 Å². The summed E-state index contributed by atoms with van der Waals surface area (Å²) in [4.78, 5) is 11.9. The maximum absolute atomic E-state index is 11.9. The van der Waals surface area contributed by atoms with Crippen molar-refractivity contribution in [2.24, 2.45) is 7.05 Å². The lowest BCUT2D eigenvalue weighted by Crippen LogP contribution is -2.39. The highest BCUT2D eigenvalue weighted by Crippen LogP contribution is 2.41. The number of carbonyl (C=O) groups is 1. The third-order valence-corrected chi connectivity index (χ3v) is 4.18. The van der Waals surface area contributed by atoms with Crippen LogP contribution in [0.1, 0.15) is 29.6 Å². The zero-order valence-electron chi connectivity index (χ0n) is 12.7. The molecule has 7 heteroatoms. The van der Waals surface area contributed by atoms with Crippen molar-refractivity contribution >= 4 is 17.6 Å². The third kappa shape index (κ3) is 4.03. The van der Waals surface area contributed by atoms with E-state index in [4.69, 9.17) is 11.6 Å². The largest absolute Gasteiger partial charge is 0.386 e. The number of amides is 2. The second-order valence-corrected chi connectivity index (χ2v) is 6.26. The molecule has 0 unspecified atom stereocenters. The van der Waals surface area contributed by atoms with Crippen LogP contribution in [-0.4, -0.2) is 33.5 Å². The molecule has 2 amide bonds. The molecule has 1 aromatic heterocycles. The average molecular weight is 335 g/mol. The van der Waals surface area contributed by atoms with Crippen LogP contribution in [0.15, 0.2) is 36.7 Å². The first-order valence-corrected chi connectivity index (χ1v) is 7.87. The number of hydrogen-bond acceptors (Lipinski definition) is 3. The molecular weight excluding hydrogens is 316 g/mol. The predicted octanol–water partition coefficient (Wildman–Crippen LogP) is 1.96. The van der Waals surface area contributed by atoms with Gasteiger partial charge in [-0.3, -0.25) is 4.68 Å². The highest BCUT2D eigenvalue weighted by Gasteiger charge is 2.39. The molecule has 122 valence electrons. The minimum absolute atomic E-state index is 0.115. The minimum Gasteiger partial charge on any atom is -0.386 e. The molecule has 0 spiro atoms. The minimum atomic E-state index is -0.766. The number of aromatic nitrogens is 2. The molecule has 1 fully saturated rings. The monoisotopic (exact) mass is 334 g/mol. The summed E-state index contributed by atoms with van der Waals surface area (Å²) >= 11 is 5.98. The number of halogens is 1. The van der Waals surface area contributed by atoms with E-state index in [2.05, 4.69) is 15.7 Å². The topological polar surface area (TPSA) is 79.2 Å². The fraction of sp³-hybridized carbons (Fsp3) is 0.375. The van der Waals surface area contributed by atoms with E-state index < -0.39 is 6.10 Å². The van der Waals surface area contributed by atoms with Gasteiger partial charge in [0.05, 0.1) is 12.3 Å². The number of nitrogens with one attached hydrogen (secondary N) is 2. The highest BCUT2D eigenvalue weighted by molar-refractivity contribution is 6.30. The van der Waals surface area contributed by atoms with Crippen molar-refractivity contribution in [3.63, 3.8) is 0 Å². The van der Waals surface area contributed by atoms with Crippen LogP contribution < -0.4 is 10.6 Å². The van der Waals surface area contributed by atoms with Crippen molar-refractivity contribution in [2.75, 3.05) is 6.54 Å². The van der Waals surface area contributed by atoms with Crippen LogP contribution in [0.2, 0.25) is 5.02 Å². The van der Waals surface area contributed by atoms with Gasteiger partial charge in [0.25, 0.3) is 0 Å². The summed E-state index contributed by atoms with van der Waals surface area (Å²) in [6.07, 6.45) is 3.44. The molecule has 1 aromatic carbocycles. The van der Waals surface area contributed by atoms with E-state index in [0.29, 0.717) is 16.5 Å². The summed E-state index contributed by atoms with van der Waals surface area (Å²) in [7, 11) is 1.78. The van der Waals surface area contributed by atoms with E-state index in [-0.39, 0.29) is 18.6 Å². The molecule has 0 radical (unpaired) electrons. The van der Waals surface area contributed by atoms with E-state index >= 15 is 0 Å². The lowest BCUT2D eigenvalue weighted by Gasteiger charge is -2.11. The van der Waals surface area contributed by atoms with Crippen LogP contribution in [0.5, 0.6) is 0 Å². The van der Waals surface area contributed by atoms with Crippen molar-refractivity contribution in [1.82, 2.24) is 20.4 Å². The number of nitrogens with zero attached hydrogens (tertiary/aromatic N) is 2. The average Bonchev–Trinajstić information content (AvgIpc) is 3.14. The number of carbonyl (C=O) groups excluding carboxylic acids is 1. The smallest absolute Gasteiger partial charge is 0.315 e. The first kappa shape index (κ1) is 15.8. The summed E-state index contributed by atoms with van der Waals surface area (Å²) < 4.78 is 1.61. The van der Waals surface area contributed by atoms with Crippen LogP contribution in [0.4, 0.5) is 4.79 Å². The maximum atomic E-state index is 11.9. The standard InChI is InChI=1S/C16H19ClN4O2/c1-21-9-11(7-19-21)15(22)8-18-16(23)20-14-6-13(14)10-3-2-4-12(17)5-10/h2-5,7,9,13-15,22H,6,8H2,1H3,(H2,18,20,23)/t13-,14-,15-/m1/s1. The molecule has 1 aliphatic rings. The number of aliphatic hydroxyl groups is 1. The predicted molar refractivity (Wildman–Crippen MR) is 87.3 cm³/mol. The van der Waals surface area contributed by atoms with Crippen molar-refractivity contribution in [2.45, 2.75) is 24.5 Å². The number of aliphatic hydroxyl groups excluding tert-OH is 1. The Morgan fingerprint density at radius 2 is 2.39 bits per heavy atom. The second kappa shape index (κ2) is 6.60. The van der Waals surface area contributed by atoms with Crippen molar-refractivity contribution in [3.8, 4) is 0 Å². The van der Waals surface area contributed by atoms with Gasteiger partial charge in [-0.05, 0) is 24.1 Å². The Balaban J connectivity index is 1.44. The fourth-order valence-electron chi connectivity index (χ4n) is 2.60. The lowest BCUT2D eigenvalue weighted by molar-refractivity contribution is 0.173. The van der Waals surface area contributed by atoms with Gasteiger partial charge < -0.3 is 15.7 Å². The van der Waals surface area contributed by atoms with Crippen molar-refractivity contribution in [3.05, 3.63) is 52.8 Å². The van der Waals surface area contributed by atoms with Gasteiger partial charge in [-0.1, -0.05) is 23.7 Å². The third-order valence-electron chi connectivity index (χ3n) is 3.95. The molecule has 3 rings (SSSR count). The quantitative estimate of drug-likeness (QED) is 0.782. The van der Waals surface area contributed by atoms with E-state index in [1.807, 2.05) is 24.3 Å². The molecule has 1 saturated carbocycles. The first-order chi connectivity index (χ1) is 11.0. The summed E-state index contributed by atoms with van der Waals surface area (Å²) in [6.45, 7) is 0.145. The Kier molecular flexibility index (Phi) is 4.54. The van der Waals surface area contributed by atoms with Crippen LogP contribution >= 0.6 is 11.6 Å². The molecule has 1 aliphatic carbocycles. The van der Waals surface area contributed by atoms with Gasteiger partial charge in [0.1, 0.15) is 0 Å². The summed E-state index contributed by atoms with van der Waals surface area (Å²) in [5, 5.41) is 20.3. The Bertz CT molecular complexity index is 703. The van der Waals surface area contributed by atoms with Crippen molar-refractivity contribution in [1.29, 1.82) is 0 Å². The molecule has 0 aliphatic heterocycles. The van der Waals surface area contributed by atoms with Gasteiger partial charge in [0.2, 0.25) is 0 Å². The van der Waals surface area contributed by atoms with Crippen LogP contribution in [-0.2, 0) is 7.05 Å². The molecule has 2 aromatic rings. The Hall–Kier alpha value is -2.05.